The predicted molar refractivity (Wildman–Crippen MR) is 106 cm³/mol. The van der Waals surface area contributed by atoms with Crippen LogP contribution in [0.3, 0.4) is 0 Å². The summed E-state index contributed by atoms with van der Waals surface area (Å²) in [5.41, 5.74) is 5.60. The van der Waals surface area contributed by atoms with Gasteiger partial charge in [-0.15, -0.1) is 0 Å². The Kier molecular flexibility index (Phi) is 16.8. The van der Waals surface area contributed by atoms with Gasteiger partial charge in [0.05, 0.1) is 0 Å². The molecular weight excluding hydrogens is 296 g/mol. The maximum absolute atomic E-state index is 12.2. The molecule has 0 fully saturated rings. The minimum atomic E-state index is 0.187. The van der Waals surface area contributed by atoms with Crippen molar-refractivity contribution < 1.29 is 4.79 Å². The lowest BCUT2D eigenvalue weighted by atomic mass is 9.94. The van der Waals surface area contributed by atoms with Crippen LogP contribution in [-0.4, -0.2) is 31.4 Å². The van der Waals surface area contributed by atoms with Gasteiger partial charge in [-0.25, -0.2) is 0 Å². The van der Waals surface area contributed by atoms with Crippen molar-refractivity contribution in [3.8, 4) is 0 Å². The van der Waals surface area contributed by atoms with Gasteiger partial charge in [0.15, 0.2) is 0 Å². The van der Waals surface area contributed by atoms with Crippen molar-refractivity contribution in [3.63, 3.8) is 0 Å². The number of unbranched alkanes of at least 4 members (excludes halogenated alkanes) is 11. The molecule has 0 saturated heterocycles. The summed E-state index contributed by atoms with van der Waals surface area (Å²) < 4.78 is 0. The smallest absolute Gasteiger partial charge is 0.225 e. The quantitative estimate of drug-likeness (QED) is 0.354. The Bertz CT molecular complexity index is 279. The normalized spacial score (nSPS) is 12.3. The lowest BCUT2D eigenvalue weighted by molar-refractivity contribution is -0.133. The molecule has 0 aromatic carbocycles. The molecule has 0 heterocycles. The summed E-state index contributed by atoms with van der Waals surface area (Å²) >= 11 is 0. The number of amides is 1. The largest absolute Gasteiger partial charge is 0.349 e. The number of nitrogens with zero attached hydrogens (tertiary/aromatic N) is 1. The molecule has 3 heteroatoms. The summed E-state index contributed by atoms with van der Waals surface area (Å²) in [7, 11) is 3.72. The number of carbonyl (C=O) groups is 1. The average molecular weight is 341 g/mol. The molecule has 0 aromatic rings. The second kappa shape index (κ2) is 17.3. The van der Waals surface area contributed by atoms with Crippen LogP contribution in [-0.2, 0) is 4.79 Å². The summed E-state index contributed by atoms with van der Waals surface area (Å²) in [4.78, 5) is 13.9. The van der Waals surface area contributed by atoms with Crippen LogP contribution in [0.5, 0.6) is 0 Å². The second-order valence-corrected chi connectivity index (χ2v) is 7.54. The van der Waals surface area contributed by atoms with E-state index in [1.807, 2.05) is 14.1 Å². The molecular formula is C21H44N2O. The number of rotatable bonds is 17. The van der Waals surface area contributed by atoms with Crippen LogP contribution in [0.4, 0.5) is 0 Å². The monoisotopic (exact) mass is 340 g/mol. The summed E-state index contributed by atoms with van der Waals surface area (Å²) in [6.45, 7) is 2.96. The fourth-order valence-corrected chi connectivity index (χ4v) is 3.35. The Morgan fingerprint density at radius 1 is 0.750 bits per heavy atom. The zero-order valence-corrected chi connectivity index (χ0v) is 16.8. The van der Waals surface area contributed by atoms with Crippen LogP contribution in [0.1, 0.15) is 103 Å². The van der Waals surface area contributed by atoms with Gasteiger partial charge in [0.2, 0.25) is 5.91 Å². The first kappa shape index (κ1) is 23.4. The van der Waals surface area contributed by atoms with Crippen molar-refractivity contribution >= 4 is 5.91 Å². The van der Waals surface area contributed by atoms with Crippen LogP contribution in [0.15, 0.2) is 0 Å². The molecule has 3 nitrogen and oxygen atoms in total. The third kappa shape index (κ3) is 13.8. The molecule has 0 bridgehead atoms. The minimum absolute atomic E-state index is 0.187. The lowest BCUT2D eigenvalue weighted by Gasteiger charge is -2.20. The van der Waals surface area contributed by atoms with E-state index in [1.54, 1.807) is 4.90 Å². The highest BCUT2D eigenvalue weighted by molar-refractivity contribution is 5.78. The van der Waals surface area contributed by atoms with Gasteiger partial charge >= 0.3 is 0 Å². The highest BCUT2D eigenvalue weighted by Crippen LogP contribution is 2.19. The Labute approximate surface area is 151 Å². The zero-order valence-electron chi connectivity index (χ0n) is 16.8. The van der Waals surface area contributed by atoms with E-state index >= 15 is 0 Å². The van der Waals surface area contributed by atoms with E-state index in [4.69, 9.17) is 5.73 Å². The van der Waals surface area contributed by atoms with Crippen LogP contribution >= 0.6 is 0 Å². The van der Waals surface area contributed by atoms with E-state index in [0.29, 0.717) is 6.54 Å². The van der Waals surface area contributed by atoms with Crippen molar-refractivity contribution in [1.82, 2.24) is 4.90 Å². The third-order valence-corrected chi connectivity index (χ3v) is 4.95. The molecule has 0 saturated carbocycles. The van der Waals surface area contributed by atoms with E-state index in [9.17, 15) is 4.79 Å². The summed E-state index contributed by atoms with van der Waals surface area (Å²) in [5.74, 6) is 0.471. The highest BCUT2D eigenvalue weighted by Gasteiger charge is 2.18. The van der Waals surface area contributed by atoms with Crippen molar-refractivity contribution in [2.24, 2.45) is 11.7 Å². The molecule has 24 heavy (non-hydrogen) atoms. The molecule has 0 aliphatic carbocycles. The fraction of sp³-hybridized carbons (Fsp3) is 0.952. The number of carbonyl (C=O) groups excluding carboxylic acids is 1. The average Bonchev–Trinajstić information content (AvgIpc) is 2.57. The molecule has 0 radical (unpaired) electrons. The van der Waals surface area contributed by atoms with Gasteiger partial charge in [-0.3, -0.25) is 4.79 Å². The summed E-state index contributed by atoms with van der Waals surface area (Å²) in [6.07, 6.45) is 19.3. The molecule has 0 spiro atoms. The van der Waals surface area contributed by atoms with Crippen LogP contribution in [0.2, 0.25) is 0 Å². The van der Waals surface area contributed by atoms with Crippen molar-refractivity contribution in [3.05, 3.63) is 0 Å². The molecule has 0 aliphatic rings. The molecule has 2 N–H and O–H groups in total. The second-order valence-electron chi connectivity index (χ2n) is 7.54. The minimum Gasteiger partial charge on any atom is -0.349 e. The molecule has 0 aliphatic heterocycles. The first-order chi connectivity index (χ1) is 11.6. The Morgan fingerprint density at radius 2 is 1.17 bits per heavy atom. The van der Waals surface area contributed by atoms with Gasteiger partial charge in [-0.2, -0.15) is 0 Å². The van der Waals surface area contributed by atoms with E-state index in [-0.39, 0.29) is 11.8 Å². The topological polar surface area (TPSA) is 46.3 Å². The summed E-state index contributed by atoms with van der Waals surface area (Å²) in [5, 5.41) is 0. The maximum atomic E-state index is 12.2. The van der Waals surface area contributed by atoms with Gasteiger partial charge in [0.25, 0.3) is 0 Å². The number of hydrogen-bond donors (Lipinski definition) is 1. The SMILES string of the molecule is CCCCCCCCCCCCCCC(CCCN)C(=O)N(C)C. The molecule has 1 atom stereocenters. The highest BCUT2D eigenvalue weighted by atomic mass is 16.2. The molecule has 0 rings (SSSR count). The maximum Gasteiger partial charge on any atom is 0.225 e. The van der Waals surface area contributed by atoms with E-state index in [2.05, 4.69) is 6.92 Å². The Balaban J connectivity index is 3.52. The van der Waals surface area contributed by atoms with E-state index in [1.165, 1.54) is 77.0 Å². The van der Waals surface area contributed by atoms with Gasteiger partial charge in [0, 0.05) is 20.0 Å². The van der Waals surface area contributed by atoms with Crippen LogP contribution < -0.4 is 5.73 Å². The number of nitrogens with two attached hydrogens (primary N) is 1. The zero-order chi connectivity index (χ0) is 18.0. The molecule has 1 unspecified atom stereocenters. The molecule has 0 aromatic heterocycles. The van der Waals surface area contributed by atoms with Crippen molar-refractivity contribution in [2.45, 2.75) is 103 Å². The van der Waals surface area contributed by atoms with Crippen molar-refractivity contribution in [1.29, 1.82) is 0 Å². The standard InChI is InChI=1S/C21H44N2O/c1-4-5-6-7-8-9-10-11-12-13-14-15-17-20(18-16-19-22)21(24)23(2)3/h20H,4-19,22H2,1-3H3. The van der Waals surface area contributed by atoms with Gasteiger partial charge in [-0.05, 0) is 25.8 Å². The molecule has 1 amide bonds. The van der Waals surface area contributed by atoms with Crippen LogP contribution in [0.25, 0.3) is 0 Å². The third-order valence-electron chi connectivity index (χ3n) is 4.95. The Hall–Kier alpha value is -0.570. The Morgan fingerprint density at radius 3 is 1.58 bits per heavy atom. The fourth-order valence-electron chi connectivity index (χ4n) is 3.35. The first-order valence-corrected chi connectivity index (χ1v) is 10.5. The van der Waals surface area contributed by atoms with Crippen LogP contribution in [0, 0.1) is 5.92 Å². The molecule has 144 valence electrons. The number of hydrogen-bond acceptors (Lipinski definition) is 2. The van der Waals surface area contributed by atoms with Crippen molar-refractivity contribution in [2.75, 3.05) is 20.6 Å². The van der Waals surface area contributed by atoms with E-state index < -0.39 is 0 Å². The summed E-state index contributed by atoms with van der Waals surface area (Å²) in [6, 6.07) is 0. The van der Waals surface area contributed by atoms with Gasteiger partial charge < -0.3 is 10.6 Å². The first-order valence-electron chi connectivity index (χ1n) is 10.5. The van der Waals surface area contributed by atoms with Gasteiger partial charge in [0.1, 0.15) is 0 Å². The van der Waals surface area contributed by atoms with Gasteiger partial charge in [-0.1, -0.05) is 84.0 Å². The predicted octanol–water partition coefficient (Wildman–Crippen LogP) is 5.52. The lowest BCUT2D eigenvalue weighted by Crippen LogP contribution is -2.30. The van der Waals surface area contributed by atoms with E-state index in [0.717, 1.165) is 19.3 Å².